The Kier molecular flexibility index (Phi) is 4.81. The largest absolute Gasteiger partial charge is 0.461 e. The van der Waals surface area contributed by atoms with Crippen LogP contribution in [0.4, 0.5) is 0 Å². The lowest BCUT2D eigenvalue weighted by Crippen LogP contribution is -2.57. The topological polar surface area (TPSA) is 29.5 Å². The zero-order chi connectivity index (χ0) is 14.6. The lowest BCUT2D eigenvalue weighted by atomic mass is 9.83. The molecule has 1 aromatic rings. The van der Waals surface area contributed by atoms with E-state index in [2.05, 4.69) is 25.7 Å². The summed E-state index contributed by atoms with van der Waals surface area (Å²) in [7, 11) is 0. The molecule has 0 aliphatic carbocycles. The minimum atomic E-state index is -0.206. The summed E-state index contributed by atoms with van der Waals surface area (Å²) in [5, 5.41) is 0. The van der Waals surface area contributed by atoms with Gasteiger partial charge < -0.3 is 9.64 Å². The van der Waals surface area contributed by atoms with E-state index in [1.54, 1.807) is 0 Å². The first-order valence-electron chi connectivity index (χ1n) is 7.55. The molecule has 1 aliphatic rings. The van der Waals surface area contributed by atoms with Crippen molar-refractivity contribution in [2.75, 3.05) is 26.2 Å². The molecule has 0 atom stereocenters. The highest BCUT2D eigenvalue weighted by Crippen LogP contribution is 2.30. The van der Waals surface area contributed by atoms with Crippen molar-refractivity contribution in [1.82, 2.24) is 4.90 Å². The van der Waals surface area contributed by atoms with Crippen LogP contribution in [0.25, 0.3) is 0 Å². The standard InChI is InChI=1S/C17H25NO2/c1-4-10-18-11-17(3,12-18)13-20-16(19)15-8-6-14(5-2)7-9-15/h6-9H,4-5,10-13H2,1-3H3. The van der Waals surface area contributed by atoms with Gasteiger partial charge in [0.25, 0.3) is 0 Å². The molecule has 3 nitrogen and oxygen atoms in total. The number of carbonyl (C=O) groups is 1. The minimum absolute atomic E-state index is 0.133. The molecule has 0 amide bonds. The van der Waals surface area contributed by atoms with Crippen LogP contribution < -0.4 is 0 Å². The van der Waals surface area contributed by atoms with E-state index in [1.165, 1.54) is 12.0 Å². The molecule has 0 spiro atoms. The van der Waals surface area contributed by atoms with E-state index in [0.717, 1.165) is 26.1 Å². The van der Waals surface area contributed by atoms with E-state index in [-0.39, 0.29) is 11.4 Å². The lowest BCUT2D eigenvalue weighted by Gasteiger charge is -2.47. The van der Waals surface area contributed by atoms with E-state index < -0.39 is 0 Å². The van der Waals surface area contributed by atoms with Crippen LogP contribution in [-0.2, 0) is 11.2 Å². The zero-order valence-electron chi connectivity index (χ0n) is 12.8. The van der Waals surface area contributed by atoms with Gasteiger partial charge in [0.15, 0.2) is 0 Å². The van der Waals surface area contributed by atoms with Crippen LogP contribution in [-0.4, -0.2) is 37.1 Å². The normalized spacial score (nSPS) is 17.6. The predicted octanol–water partition coefficient (Wildman–Crippen LogP) is 3.14. The maximum absolute atomic E-state index is 12.0. The zero-order valence-corrected chi connectivity index (χ0v) is 12.8. The van der Waals surface area contributed by atoms with Crippen molar-refractivity contribution < 1.29 is 9.53 Å². The third-order valence-corrected chi connectivity index (χ3v) is 3.90. The Bertz CT molecular complexity index is 447. The third kappa shape index (κ3) is 3.60. The van der Waals surface area contributed by atoms with Crippen molar-refractivity contribution >= 4 is 5.97 Å². The molecule has 0 unspecified atom stereocenters. The first kappa shape index (κ1) is 15.0. The first-order chi connectivity index (χ1) is 9.56. The van der Waals surface area contributed by atoms with E-state index >= 15 is 0 Å². The first-order valence-corrected chi connectivity index (χ1v) is 7.55. The fourth-order valence-electron chi connectivity index (χ4n) is 2.80. The van der Waals surface area contributed by atoms with Crippen molar-refractivity contribution in [3.63, 3.8) is 0 Å². The number of nitrogens with zero attached hydrogens (tertiary/aromatic N) is 1. The minimum Gasteiger partial charge on any atom is -0.461 e. The van der Waals surface area contributed by atoms with Crippen molar-refractivity contribution in [3.05, 3.63) is 35.4 Å². The maximum atomic E-state index is 12.0. The highest BCUT2D eigenvalue weighted by molar-refractivity contribution is 5.89. The number of esters is 1. The summed E-state index contributed by atoms with van der Waals surface area (Å²) < 4.78 is 5.47. The quantitative estimate of drug-likeness (QED) is 0.747. The number of hydrogen-bond acceptors (Lipinski definition) is 3. The molecule has 0 N–H and O–H groups in total. The van der Waals surface area contributed by atoms with Gasteiger partial charge in [0.05, 0.1) is 12.2 Å². The number of benzene rings is 1. The molecule has 0 radical (unpaired) electrons. The molecule has 0 bridgehead atoms. The van der Waals surface area contributed by atoms with E-state index in [1.807, 2.05) is 24.3 Å². The molecular weight excluding hydrogens is 250 g/mol. The van der Waals surface area contributed by atoms with Crippen LogP contribution in [0.15, 0.2) is 24.3 Å². The molecule has 3 heteroatoms. The number of carbonyl (C=O) groups excluding carboxylic acids is 1. The number of rotatable bonds is 6. The van der Waals surface area contributed by atoms with Gasteiger partial charge >= 0.3 is 5.97 Å². The van der Waals surface area contributed by atoms with Crippen LogP contribution >= 0.6 is 0 Å². The maximum Gasteiger partial charge on any atom is 0.338 e. The van der Waals surface area contributed by atoms with Crippen LogP contribution in [0, 0.1) is 5.41 Å². The van der Waals surface area contributed by atoms with Gasteiger partial charge in [-0.2, -0.15) is 0 Å². The number of likely N-dealkylation sites (tertiary alicyclic amines) is 1. The van der Waals surface area contributed by atoms with Gasteiger partial charge in [-0.3, -0.25) is 0 Å². The van der Waals surface area contributed by atoms with Gasteiger partial charge in [-0.25, -0.2) is 4.79 Å². The molecular formula is C17H25NO2. The molecule has 0 aromatic heterocycles. The summed E-state index contributed by atoms with van der Waals surface area (Å²) >= 11 is 0. The van der Waals surface area contributed by atoms with Crippen molar-refractivity contribution in [1.29, 1.82) is 0 Å². The summed E-state index contributed by atoms with van der Waals surface area (Å²) in [6, 6.07) is 7.69. The summed E-state index contributed by atoms with van der Waals surface area (Å²) in [5.41, 5.74) is 2.02. The number of hydrogen-bond donors (Lipinski definition) is 0. The van der Waals surface area contributed by atoms with Crippen LogP contribution in [0.1, 0.15) is 43.1 Å². The molecule has 0 saturated carbocycles. The van der Waals surface area contributed by atoms with Crippen molar-refractivity contribution in [3.8, 4) is 0 Å². The van der Waals surface area contributed by atoms with Crippen LogP contribution in [0.3, 0.4) is 0 Å². The molecule has 1 aromatic carbocycles. The molecule has 1 saturated heterocycles. The van der Waals surface area contributed by atoms with Gasteiger partial charge in [0.1, 0.15) is 0 Å². The fourth-order valence-corrected chi connectivity index (χ4v) is 2.80. The number of ether oxygens (including phenoxy) is 1. The average molecular weight is 275 g/mol. The molecule has 110 valence electrons. The average Bonchev–Trinajstić information content (AvgIpc) is 2.43. The number of aryl methyl sites for hydroxylation is 1. The Morgan fingerprint density at radius 2 is 1.90 bits per heavy atom. The second-order valence-electron chi connectivity index (χ2n) is 6.15. The van der Waals surface area contributed by atoms with E-state index in [9.17, 15) is 4.79 Å². The van der Waals surface area contributed by atoms with Gasteiger partial charge in [0, 0.05) is 18.5 Å². The highest BCUT2D eigenvalue weighted by Gasteiger charge is 2.39. The summed E-state index contributed by atoms with van der Waals surface area (Å²) in [4.78, 5) is 14.4. The molecule has 1 heterocycles. The fraction of sp³-hybridized carbons (Fsp3) is 0.588. The third-order valence-electron chi connectivity index (χ3n) is 3.90. The second-order valence-corrected chi connectivity index (χ2v) is 6.15. The van der Waals surface area contributed by atoms with Gasteiger partial charge in [-0.15, -0.1) is 0 Å². The van der Waals surface area contributed by atoms with E-state index in [0.29, 0.717) is 12.2 Å². The Morgan fingerprint density at radius 1 is 1.25 bits per heavy atom. The SMILES string of the molecule is CCCN1CC(C)(COC(=O)c2ccc(CC)cc2)C1. The molecule has 2 rings (SSSR count). The van der Waals surface area contributed by atoms with Crippen molar-refractivity contribution in [2.45, 2.75) is 33.6 Å². The molecule has 1 fully saturated rings. The highest BCUT2D eigenvalue weighted by atomic mass is 16.5. The Hall–Kier alpha value is -1.35. The van der Waals surface area contributed by atoms with Crippen molar-refractivity contribution in [2.24, 2.45) is 5.41 Å². The van der Waals surface area contributed by atoms with Crippen LogP contribution in [0.5, 0.6) is 0 Å². The van der Waals surface area contributed by atoms with Gasteiger partial charge in [-0.1, -0.05) is 32.9 Å². The molecule has 1 aliphatic heterocycles. The Labute approximate surface area is 121 Å². The Balaban J connectivity index is 1.80. The van der Waals surface area contributed by atoms with Gasteiger partial charge in [-0.05, 0) is 37.1 Å². The predicted molar refractivity (Wildman–Crippen MR) is 80.9 cm³/mol. The Morgan fingerprint density at radius 3 is 2.45 bits per heavy atom. The summed E-state index contributed by atoms with van der Waals surface area (Å²) in [6.07, 6.45) is 2.17. The lowest BCUT2D eigenvalue weighted by molar-refractivity contribution is -0.0398. The second kappa shape index (κ2) is 6.40. The van der Waals surface area contributed by atoms with Gasteiger partial charge in [0.2, 0.25) is 0 Å². The molecule has 20 heavy (non-hydrogen) atoms. The summed E-state index contributed by atoms with van der Waals surface area (Å²) in [5.74, 6) is -0.206. The monoisotopic (exact) mass is 275 g/mol. The van der Waals surface area contributed by atoms with Crippen LogP contribution in [0.2, 0.25) is 0 Å². The van der Waals surface area contributed by atoms with E-state index in [4.69, 9.17) is 4.74 Å². The summed E-state index contributed by atoms with van der Waals surface area (Å²) in [6.45, 7) is 10.2. The smallest absolute Gasteiger partial charge is 0.338 e.